The second-order valence-electron chi connectivity index (χ2n) is 13.1. The number of aromatic nitrogens is 4. The van der Waals surface area contributed by atoms with Crippen molar-refractivity contribution in [2.24, 2.45) is 0 Å². The third-order valence-corrected chi connectivity index (χ3v) is 6.60. The molecule has 2 fully saturated rings. The highest BCUT2D eigenvalue weighted by Crippen LogP contribution is 2.44. The van der Waals surface area contributed by atoms with Crippen LogP contribution < -0.4 is 4.90 Å². The Bertz CT molecular complexity index is 1470. The number of imidazole rings is 1. The highest BCUT2D eigenvalue weighted by molar-refractivity contribution is 6.12. The van der Waals surface area contributed by atoms with Gasteiger partial charge in [-0.05, 0) is 61.0 Å². The zero-order valence-corrected chi connectivity index (χ0v) is 25.7. The van der Waals surface area contributed by atoms with Crippen molar-refractivity contribution in [1.29, 1.82) is 0 Å². The van der Waals surface area contributed by atoms with E-state index in [4.69, 9.17) is 28.7 Å². The largest absolute Gasteiger partial charge is 0.443 e. The Balaban J connectivity index is 1.67. The Kier molecular flexibility index (Phi) is 7.97. The van der Waals surface area contributed by atoms with Gasteiger partial charge in [0.25, 0.3) is 0 Å². The summed E-state index contributed by atoms with van der Waals surface area (Å²) in [4.78, 5) is 41.9. The van der Waals surface area contributed by atoms with Crippen molar-refractivity contribution < 1.29 is 38.4 Å². The van der Waals surface area contributed by atoms with Crippen molar-refractivity contribution in [3.05, 3.63) is 48.0 Å². The summed E-state index contributed by atoms with van der Waals surface area (Å²) in [6, 6.07) is 9.54. The van der Waals surface area contributed by atoms with Gasteiger partial charge in [-0.1, -0.05) is 30.3 Å². The quantitative estimate of drug-likeness (QED) is 0.443. The molecule has 2 saturated heterocycles. The van der Waals surface area contributed by atoms with Crippen molar-refractivity contribution in [2.45, 2.75) is 103 Å². The lowest BCUT2D eigenvalue weighted by Crippen LogP contribution is -2.44. The van der Waals surface area contributed by atoms with E-state index in [2.05, 4.69) is 9.97 Å². The summed E-state index contributed by atoms with van der Waals surface area (Å²) < 4.78 is 31.3. The second-order valence-corrected chi connectivity index (χ2v) is 13.1. The van der Waals surface area contributed by atoms with Gasteiger partial charge in [0.2, 0.25) is 0 Å². The average molecular weight is 598 g/mol. The first kappa shape index (κ1) is 30.8. The number of rotatable bonds is 5. The predicted octanol–water partition coefficient (Wildman–Crippen LogP) is 4.50. The number of fused-ring (bicyclic) bond motifs is 2. The average Bonchev–Trinajstić information content (AvgIpc) is 3.53. The van der Waals surface area contributed by atoms with Gasteiger partial charge in [0.1, 0.15) is 35.3 Å². The molecule has 1 N–H and O–H groups in total. The molecule has 2 amide bonds. The van der Waals surface area contributed by atoms with Gasteiger partial charge in [0, 0.05) is 6.42 Å². The summed E-state index contributed by atoms with van der Waals surface area (Å²) in [5.41, 5.74) is -0.516. The summed E-state index contributed by atoms with van der Waals surface area (Å²) in [5, 5.41) is 10.0. The summed E-state index contributed by atoms with van der Waals surface area (Å²) in [6.07, 6.45) is -2.75. The van der Waals surface area contributed by atoms with Crippen molar-refractivity contribution in [3.63, 3.8) is 0 Å². The molecule has 0 aliphatic carbocycles. The lowest BCUT2D eigenvalue weighted by molar-refractivity contribution is -0.199. The number of benzene rings is 1. The Labute approximate surface area is 250 Å². The van der Waals surface area contributed by atoms with Crippen LogP contribution in [0.4, 0.5) is 15.4 Å². The van der Waals surface area contributed by atoms with Crippen LogP contribution in [0.25, 0.3) is 11.2 Å². The second kappa shape index (κ2) is 11.1. The molecule has 2 aliphatic heterocycles. The van der Waals surface area contributed by atoms with Crippen LogP contribution in [-0.2, 0) is 30.1 Å². The topological polar surface area (TPSA) is 147 Å². The fourth-order valence-corrected chi connectivity index (χ4v) is 5.04. The Morgan fingerprint density at radius 3 is 2.16 bits per heavy atom. The number of amides is 2. The van der Waals surface area contributed by atoms with Gasteiger partial charge in [0.05, 0.1) is 12.9 Å². The van der Waals surface area contributed by atoms with Crippen LogP contribution in [0, 0.1) is 0 Å². The summed E-state index contributed by atoms with van der Waals surface area (Å²) in [6.45, 7) is 13.5. The number of carbonyl (C=O) groups excluding carboxylic acids is 2. The van der Waals surface area contributed by atoms with Gasteiger partial charge in [-0.3, -0.25) is 4.57 Å². The van der Waals surface area contributed by atoms with Crippen LogP contribution in [0.3, 0.4) is 0 Å². The number of hydrogen-bond donors (Lipinski definition) is 1. The van der Waals surface area contributed by atoms with E-state index < -0.39 is 53.7 Å². The Morgan fingerprint density at radius 1 is 0.977 bits per heavy atom. The molecule has 13 nitrogen and oxygen atoms in total. The van der Waals surface area contributed by atoms with E-state index in [1.54, 1.807) is 60.0 Å². The zero-order valence-electron chi connectivity index (χ0n) is 25.7. The maximum Gasteiger partial charge on any atom is 0.425 e. The van der Waals surface area contributed by atoms with Gasteiger partial charge in [-0.25, -0.2) is 24.5 Å². The van der Waals surface area contributed by atoms with E-state index in [0.29, 0.717) is 5.82 Å². The standard InChI is InChI=1S/C30H39N5O8/c1-28(2,3)42-26(37)35(27(38)43-29(4,5)6)24-20-23(32-19(33-24)14-17-12-10-9-11-13-17)34(16-31-20)25-22-21(18(15-36)39-25)40-30(7,8)41-22/h9-13,16,18,21-22,25,36H,14-15H2,1-8H3/t18-,21-,22-,25-/m1/s1. The van der Waals surface area contributed by atoms with Crippen LogP contribution in [-0.4, -0.2) is 78.7 Å². The first-order chi connectivity index (χ1) is 20.0. The molecule has 0 spiro atoms. The van der Waals surface area contributed by atoms with Gasteiger partial charge < -0.3 is 28.8 Å². The number of anilines is 1. The number of nitrogens with zero attached hydrogens (tertiary/aromatic N) is 5. The molecule has 5 rings (SSSR count). The fraction of sp³-hybridized carbons (Fsp3) is 0.567. The third-order valence-electron chi connectivity index (χ3n) is 6.60. The van der Waals surface area contributed by atoms with Crippen molar-refractivity contribution in [3.8, 4) is 0 Å². The van der Waals surface area contributed by atoms with Gasteiger partial charge >= 0.3 is 12.2 Å². The van der Waals surface area contributed by atoms with Gasteiger partial charge in [0.15, 0.2) is 29.0 Å². The van der Waals surface area contributed by atoms with E-state index in [1.165, 1.54) is 6.33 Å². The Hall–Kier alpha value is -3.65. The third kappa shape index (κ3) is 6.64. The lowest BCUT2D eigenvalue weighted by atomic mass is 10.1. The molecule has 0 radical (unpaired) electrons. The number of imide groups is 1. The highest BCUT2D eigenvalue weighted by atomic mass is 16.8. The lowest BCUT2D eigenvalue weighted by Gasteiger charge is -2.28. The van der Waals surface area contributed by atoms with E-state index in [9.17, 15) is 14.7 Å². The highest BCUT2D eigenvalue weighted by Gasteiger charge is 2.56. The summed E-state index contributed by atoms with van der Waals surface area (Å²) in [5.74, 6) is -0.690. The molecule has 0 saturated carbocycles. The first-order valence-corrected chi connectivity index (χ1v) is 14.2. The van der Waals surface area contributed by atoms with Crippen molar-refractivity contribution in [2.75, 3.05) is 11.5 Å². The molecular weight excluding hydrogens is 558 g/mol. The minimum Gasteiger partial charge on any atom is -0.443 e. The molecule has 2 aromatic heterocycles. The predicted molar refractivity (Wildman–Crippen MR) is 154 cm³/mol. The van der Waals surface area contributed by atoms with E-state index in [0.717, 1.165) is 10.5 Å². The molecule has 3 aromatic rings. The van der Waals surface area contributed by atoms with Crippen LogP contribution in [0.2, 0.25) is 0 Å². The number of carbonyl (C=O) groups is 2. The fourth-order valence-electron chi connectivity index (χ4n) is 5.04. The number of aliphatic hydroxyl groups is 1. The van der Waals surface area contributed by atoms with Crippen LogP contribution in [0.1, 0.15) is 73.0 Å². The normalized spacial score (nSPS) is 23.3. The molecule has 4 atom stereocenters. The first-order valence-electron chi connectivity index (χ1n) is 14.2. The van der Waals surface area contributed by atoms with E-state index in [-0.39, 0.29) is 30.0 Å². The molecule has 232 valence electrons. The SMILES string of the molecule is CC(C)(C)OC(=O)N(C(=O)OC(C)(C)C)c1nc(Cc2ccccc2)nc2c1ncn2[C@@H]1O[C@H](CO)[C@H]2OC(C)(C)O[C@H]21. The zero-order chi connectivity index (χ0) is 31.3. The minimum absolute atomic E-state index is 0.102. The monoisotopic (exact) mass is 597 g/mol. The molecule has 0 unspecified atom stereocenters. The van der Waals surface area contributed by atoms with Crippen LogP contribution in [0.15, 0.2) is 36.7 Å². The molecule has 0 bridgehead atoms. The minimum atomic E-state index is -0.978. The molecule has 2 aliphatic rings. The van der Waals surface area contributed by atoms with Gasteiger partial charge in [-0.2, -0.15) is 4.90 Å². The van der Waals surface area contributed by atoms with Crippen LogP contribution in [0.5, 0.6) is 0 Å². The Morgan fingerprint density at radius 2 is 1.58 bits per heavy atom. The molecule has 1 aromatic carbocycles. The summed E-state index contributed by atoms with van der Waals surface area (Å²) in [7, 11) is 0. The number of aliphatic hydroxyl groups excluding tert-OH is 1. The van der Waals surface area contributed by atoms with E-state index >= 15 is 0 Å². The maximum atomic E-state index is 13.6. The maximum absolute atomic E-state index is 13.6. The summed E-state index contributed by atoms with van der Waals surface area (Å²) >= 11 is 0. The molecular formula is C30H39N5O8. The number of ether oxygens (including phenoxy) is 5. The molecule has 4 heterocycles. The molecule has 43 heavy (non-hydrogen) atoms. The number of hydrogen-bond acceptors (Lipinski definition) is 11. The van der Waals surface area contributed by atoms with Crippen LogP contribution >= 0.6 is 0 Å². The molecule has 13 heteroatoms. The van der Waals surface area contributed by atoms with Crippen molar-refractivity contribution >= 4 is 29.2 Å². The smallest absolute Gasteiger partial charge is 0.425 e. The van der Waals surface area contributed by atoms with Gasteiger partial charge in [-0.15, -0.1) is 0 Å². The van der Waals surface area contributed by atoms with E-state index in [1.807, 2.05) is 30.3 Å². The van der Waals surface area contributed by atoms with Crippen molar-refractivity contribution in [1.82, 2.24) is 19.5 Å².